The number of rotatable bonds is 3. The Morgan fingerprint density at radius 1 is 0.895 bits per heavy atom. The molecule has 6 heteroatoms. The number of hydrogen-bond acceptors (Lipinski definition) is 2. The molecule has 2 aromatic carbocycles. The Balaban J connectivity index is 2.26. The summed E-state index contributed by atoms with van der Waals surface area (Å²) < 4.78 is 0. The zero-order chi connectivity index (χ0) is 14.0. The lowest BCUT2D eigenvalue weighted by Crippen LogP contribution is -2.09. The molecule has 0 unspecified atom stereocenters. The number of thiocarbonyl (C=S) groups is 1. The first-order chi connectivity index (χ1) is 8.97. The van der Waals surface area contributed by atoms with Crippen LogP contribution in [0.25, 0.3) is 0 Å². The van der Waals surface area contributed by atoms with Crippen LogP contribution in [0, 0.1) is 0 Å². The second-order valence-corrected chi connectivity index (χ2v) is 5.47. The molecule has 0 bridgehead atoms. The summed E-state index contributed by atoms with van der Waals surface area (Å²) in [7, 11) is 0. The zero-order valence-corrected chi connectivity index (χ0v) is 12.7. The lowest BCUT2D eigenvalue weighted by atomic mass is 10.2. The highest BCUT2D eigenvalue weighted by Gasteiger charge is 2.05. The van der Waals surface area contributed by atoms with Gasteiger partial charge in [0.2, 0.25) is 0 Å². The van der Waals surface area contributed by atoms with Crippen LogP contribution in [0.15, 0.2) is 36.4 Å². The van der Waals surface area contributed by atoms with E-state index in [0.717, 1.165) is 11.4 Å². The Hall–Kier alpha value is -1.000. The van der Waals surface area contributed by atoms with Gasteiger partial charge >= 0.3 is 0 Å². The monoisotopic (exact) mass is 330 g/mol. The molecule has 2 rings (SSSR count). The van der Waals surface area contributed by atoms with E-state index in [1.54, 1.807) is 24.3 Å². The summed E-state index contributed by atoms with van der Waals surface area (Å²) in [5.74, 6) is 0. The molecular formula is C13H9Cl3N2S. The summed E-state index contributed by atoms with van der Waals surface area (Å²) in [5.41, 5.74) is 7.82. The maximum Gasteiger partial charge on any atom is 0.105 e. The molecule has 0 saturated heterocycles. The minimum absolute atomic E-state index is 0.270. The van der Waals surface area contributed by atoms with Gasteiger partial charge in [0.25, 0.3) is 0 Å². The largest absolute Gasteiger partial charge is 0.389 e. The molecule has 0 atom stereocenters. The Morgan fingerprint density at radius 2 is 1.47 bits per heavy atom. The van der Waals surface area contributed by atoms with Gasteiger partial charge in [-0.2, -0.15) is 0 Å². The summed E-state index contributed by atoms with van der Waals surface area (Å²) >= 11 is 22.8. The van der Waals surface area contributed by atoms with Crippen molar-refractivity contribution in [2.75, 3.05) is 5.32 Å². The first-order valence-corrected chi connectivity index (χ1v) is 6.83. The van der Waals surface area contributed by atoms with Gasteiger partial charge in [-0.3, -0.25) is 0 Å². The first-order valence-electron chi connectivity index (χ1n) is 5.29. The summed E-state index contributed by atoms with van der Waals surface area (Å²) in [6, 6.07) is 10.6. The lowest BCUT2D eigenvalue weighted by molar-refractivity contribution is 1.53. The number of hydrogen-bond donors (Lipinski definition) is 2. The van der Waals surface area contributed by atoms with Crippen molar-refractivity contribution in [2.24, 2.45) is 5.73 Å². The van der Waals surface area contributed by atoms with Crippen LogP contribution in [0.3, 0.4) is 0 Å². The van der Waals surface area contributed by atoms with Crippen molar-refractivity contribution in [3.8, 4) is 0 Å². The minimum Gasteiger partial charge on any atom is -0.389 e. The van der Waals surface area contributed by atoms with E-state index in [0.29, 0.717) is 20.6 Å². The number of halogens is 3. The van der Waals surface area contributed by atoms with E-state index in [9.17, 15) is 0 Å². The van der Waals surface area contributed by atoms with Crippen molar-refractivity contribution in [2.45, 2.75) is 0 Å². The maximum absolute atomic E-state index is 6.09. The molecule has 0 aliphatic carbocycles. The molecule has 0 fully saturated rings. The molecule has 2 aromatic rings. The number of anilines is 2. The van der Waals surface area contributed by atoms with E-state index in [-0.39, 0.29) is 4.99 Å². The van der Waals surface area contributed by atoms with Crippen molar-refractivity contribution in [1.29, 1.82) is 0 Å². The van der Waals surface area contributed by atoms with E-state index in [1.165, 1.54) is 0 Å². The Labute approximate surface area is 131 Å². The van der Waals surface area contributed by atoms with Crippen LogP contribution in [0.4, 0.5) is 11.4 Å². The summed E-state index contributed by atoms with van der Waals surface area (Å²) in [6.07, 6.45) is 0. The Bertz CT molecular complexity index is 644. The summed E-state index contributed by atoms with van der Waals surface area (Å²) in [5, 5.41) is 4.66. The average molecular weight is 332 g/mol. The zero-order valence-electron chi connectivity index (χ0n) is 9.58. The van der Waals surface area contributed by atoms with Gasteiger partial charge in [0.15, 0.2) is 0 Å². The second kappa shape index (κ2) is 5.97. The first kappa shape index (κ1) is 14.4. The third kappa shape index (κ3) is 3.51. The molecular weight excluding hydrogens is 323 g/mol. The van der Waals surface area contributed by atoms with Gasteiger partial charge in [-0.1, -0.05) is 47.0 Å². The molecule has 0 saturated carbocycles. The van der Waals surface area contributed by atoms with Gasteiger partial charge in [-0.15, -0.1) is 0 Å². The minimum atomic E-state index is 0.270. The van der Waals surface area contributed by atoms with Gasteiger partial charge in [0.05, 0.1) is 15.1 Å². The molecule has 0 aliphatic heterocycles. The average Bonchev–Trinajstić information content (AvgIpc) is 2.33. The highest BCUT2D eigenvalue weighted by atomic mass is 35.5. The van der Waals surface area contributed by atoms with Crippen LogP contribution in [0.1, 0.15) is 5.56 Å². The van der Waals surface area contributed by atoms with E-state index in [4.69, 9.17) is 52.8 Å². The maximum atomic E-state index is 6.09. The Kier molecular flexibility index (Phi) is 4.53. The Morgan fingerprint density at radius 3 is 2.00 bits per heavy atom. The molecule has 2 nitrogen and oxygen atoms in total. The highest BCUT2D eigenvalue weighted by Crippen LogP contribution is 2.28. The quantitative estimate of drug-likeness (QED) is 0.775. The van der Waals surface area contributed by atoms with E-state index in [2.05, 4.69) is 5.32 Å². The topological polar surface area (TPSA) is 38.0 Å². The third-order valence-corrected chi connectivity index (χ3v) is 3.71. The van der Waals surface area contributed by atoms with Crippen LogP contribution in [-0.2, 0) is 0 Å². The lowest BCUT2D eigenvalue weighted by Gasteiger charge is -2.09. The highest BCUT2D eigenvalue weighted by molar-refractivity contribution is 7.80. The normalized spacial score (nSPS) is 10.3. The third-order valence-electron chi connectivity index (χ3n) is 2.44. The van der Waals surface area contributed by atoms with Crippen LogP contribution < -0.4 is 11.1 Å². The van der Waals surface area contributed by atoms with Gasteiger partial charge in [-0.05, 0) is 36.4 Å². The number of nitrogens with one attached hydrogen (secondary N) is 1. The van der Waals surface area contributed by atoms with Crippen molar-refractivity contribution in [3.63, 3.8) is 0 Å². The van der Waals surface area contributed by atoms with Crippen molar-refractivity contribution < 1.29 is 0 Å². The fourth-order valence-electron chi connectivity index (χ4n) is 1.53. The molecule has 0 heterocycles. The number of nitrogens with two attached hydrogens (primary N) is 1. The second-order valence-electron chi connectivity index (χ2n) is 3.81. The van der Waals surface area contributed by atoms with Crippen LogP contribution in [0.5, 0.6) is 0 Å². The fraction of sp³-hybridized carbons (Fsp3) is 0. The van der Waals surface area contributed by atoms with Gasteiger partial charge in [-0.25, -0.2) is 0 Å². The molecule has 0 amide bonds. The van der Waals surface area contributed by atoms with E-state index < -0.39 is 0 Å². The predicted octanol–water partition coefficient (Wildman–Crippen LogP) is 5.02. The van der Waals surface area contributed by atoms with Gasteiger partial charge < -0.3 is 11.1 Å². The summed E-state index contributed by atoms with van der Waals surface area (Å²) in [6.45, 7) is 0. The van der Waals surface area contributed by atoms with E-state index >= 15 is 0 Å². The predicted molar refractivity (Wildman–Crippen MR) is 87.1 cm³/mol. The molecule has 0 spiro atoms. The van der Waals surface area contributed by atoms with Crippen molar-refractivity contribution in [1.82, 2.24) is 0 Å². The van der Waals surface area contributed by atoms with Gasteiger partial charge in [0.1, 0.15) is 4.99 Å². The van der Waals surface area contributed by atoms with Gasteiger partial charge in [0, 0.05) is 16.9 Å². The van der Waals surface area contributed by atoms with Crippen molar-refractivity contribution in [3.05, 3.63) is 57.0 Å². The fourth-order valence-corrected chi connectivity index (χ4v) is 2.35. The molecule has 0 aliphatic rings. The molecule has 0 aromatic heterocycles. The van der Waals surface area contributed by atoms with Crippen LogP contribution in [-0.4, -0.2) is 4.99 Å². The SMILES string of the molecule is NC(=S)c1ccc(Nc2ccc(Cl)c(Cl)c2)cc1Cl. The molecule has 3 N–H and O–H groups in total. The van der Waals surface area contributed by atoms with Crippen molar-refractivity contribution >= 4 is 63.4 Å². The van der Waals surface area contributed by atoms with E-state index in [1.807, 2.05) is 12.1 Å². The standard InChI is InChI=1S/C13H9Cl3N2S/c14-10-4-2-8(6-12(10)16)18-7-1-3-9(13(17)19)11(15)5-7/h1-6,18H,(H2,17,19). The van der Waals surface area contributed by atoms with Crippen LogP contribution >= 0.6 is 47.0 Å². The summed E-state index contributed by atoms with van der Waals surface area (Å²) in [4.78, 5) is 0.270. The molecule has 98 valence electrons. The number of benzene rings is 2. The molecule has 19 heavy (non-hydrogen) atoms. The van der Waals surface area contributed by atoms with Crippen LogP contribution in [0.2, 0.25) is 15.1 Å². The smallest absolute Gasteiger partial charge is 0.105 e. The molecule has 0 radical (unpaired) electrons.